The summed E-state index contributed by atoms with van der Waals surface area (Å²) in [6.45, 7) is 1.92. The fraction of sp³-hybridized carbons (Fsp3) is 0.130. The van der Waals surface area contributed by atoms with E-state index in [1.807, 2.05) is 91.5 Å². The second-order valence-corrected chi connectivity index (χ2v) is 7.30. The van der Waals surface area contributed by atoms with E-state index >= 15 is 0 Å². The van der Waals surface area contributed by atoms with Crippen LogP contribution in [0.4, 0.5) is 5.82 Å². The maximum atomic E-state index is 5.71. The summed E-state index contributed by atoms with van der Waals surface area (Å²) in [5, 5.41) is 4.63. The number of nitrogens with zero attached hydrogens (tertiary/aromatic N) is 6. The Kier molecular flexibility index (Phi) is 4.28. The molecular weight excluding hydrogens is 376 g/mol. The Balaban J connectivity index is 1.51. The van der Waals surface area contributed by atoms with Gasteiger partial charge in [0.15, 0.2) is 11.4 Å². The third-order valence-corrected chi connectivity index (χ3v) is 4.95. The molecule has 0 bridgehead atoms. The predicted octanol–water partition coefficient (Wildman–Crippen LogP) is 4.49. The normalized spacial score (nSPS) is 11.2. The van der Waals surface area contributed by atoms with Crippen LogP contribution in [0.15, 0.2) is 71.7 Å². The summed E-state index contributed by atoms with van der Waals surface area (Å²) >= 11 is 0. The van der Waals surface area contributed by atoms with Crippen molar-refractivity contribution in [1.29, 1.82) is 0 Å². The molecule has 0 aromatic carbocycles. The highest BCUT2D eigenvalue weighted by atomic mass is 16.3. The highest BCUT2D eigenvalue weighted by Crippen LogP contribution is 2.27. The van der Waals surface area contributed by atoms with Gasteiger partial charge in [0.1, 0.15) is 17.3 Å². The molecule has 5 rings (SSSR count). The fourth-order valence-electron chi connectivity index (χ4n) is 3.35. The van der Waals surface area contributed by atoms with Gasteiger partial charge in [-0.2, -0.15) is 5.10 Å². The molecule has 0 fully saturated rings. The van der Waals surface area contributed by atoms with Crippen LogP contribution in [0.25, 0.3) is 39.5 Å². The number of rotatable bonds is 4. The summed E-state index contributed by atoms with van der Waals surface area (Å²) in [6, 6.07) is 13.8. The van der Waals surface area contributed by atoms with E-state index in [4.69, 9.17) is 4.42 Å². The lowest BCUT2D eigenvalue weighted by Crippen LogP contribution is -2.10. The van der Waals surface area contributed by atoms with Crippen LogP contribution in [0, 0.1) is 6.92 Å². The first kappa shape index (κ1) is 18.1. The smallest absolute Gasteiger partial charge is 0.154 e. The van der Waals surface area contributed by atoms with Gasteiger partial charge in [0, 0.05) is 43.2 Å². The van der Waals surface area contributed by atoms with Gasteiger partial charge in [0.2, 0.25) is 0 Å². The number of aromatic nitrogens is 5. The monoisotopic (exact) mass is 396 g/mol. The molecule has 0 amide bonds. The first-order chi connectivity index (χ1) is 14.6. The quantitative estimate of drug-likeness (QED) is 0.446. The molecule has 0 aliphatic heterocycles. The minimum Gasteiger partial charge on any atom is -0.460 e. The third-order valence-electron chi connectivity index (χ3n) is 4.95. The average Bonchev–Trinajstić information content (AvgIpc) is 3.40. The van der Waals surface area contributed by atoms with Crippen molar-refractivity contribution < 1.29 is 4.42 Å². The largest absolute Gasteiger partial charge is 0.460 e. The zero-order valence-electron chi connectivity index (χ0n) is 16.9. The second-order valence-electron chi connectivity index (χ2n) is 7.30. The van der Waals surface area contributed by atoms with Crippen molar-refractivity contribution >= 4 is 11.5 Å². The van der Waals surface area contributed by atoms with E-state index in [2.05, 4.69) is 20.1 Å². The number of anilines is 1. The van der Waals surface area contributed by atoms with E-state index in [1.165, 1.54) is 0 Å². The minimum atomic E-state index is 0.743. The van der Waals surface area contributed by atoms with E-state index < -0.39 is 0 Å². The molecule has 7 heteroatoms. The third kappa shape index (κ3) is 3.20. The Morgan fingerprint density at radius 3 is 2.47 bits per heavy atom. The molecule has 5 aromatic heterocycles. The molecule has 5 aromatic rings. The van der Waals surface area contributed by atoms with Crippen molar-refractivity contribution in [3.63, 3.8) is 0 Å². The summed E-state index contributed by atoms with van der Waals surface area (Å²) in [4.78, 5) is 15.4. The van der Waals surface area contributed by atoms with Gasteiger partial charge < -0.3 is 9.32 Å². The topological polar surface area (TPSA) is 72.4 Å². The van der Waals surface area contributed by atoms with Gasteiger partial charge in [0.05, 0.1) is 18.1 Å². The molecule has 0 saturated carbocycles. The van der Waals surface area contributed by atoms with Gasteiger partial charge in [-0.25, -0.2) is 14.5 Å². The number of imidazole rings is 1. The Morgan fingerprint density at radius 2 is 1.73 bits per heavy atom. The van der Waals surface area contributed by atoms with Gasteiger partial charge >= 0.3 is 0 Å². The maximum absolute atomic E-state index is 5.71. The van der Waals surface area contributed by atoms with Crippen molar-refractivity contribution in [2.24, 2.45) is 0 Å². The number of aryl methyl sites for hydroxylation is 1. The molecule has 7 nitrogen and oxygen atoms in total. The highest BCUT2D eigenvalue weighted by Gasteiger charge is 2.12. The average molecular weight is 396 g/mol. The van der Waals surface area contributed by atoms with Crippen molar-refractivity contribution in [1.82, 2.24) is 24.6 Å². The number of fused-ring (bicyclic) bond motifs is 1. The number of hydrogen-bond donors (Lipinski definition) is 0. The first-order valence-electron chi connectivity index (χ1n) is 9.59. The van der Waals surface area contributed by atoms with E-state index in [1.54, 1.807) is 6.20 Å². The van der Waals surface area contributed by atoms with Crippen LogP contribution < -0.4 is 4.90 Å². The Bertz CT molecular complexity index is 1330. The highest BCUT2D eigenvalue weighted by molar-refractivity contribution is 5.71. The summed E-state index contributed by atoms with van der Waals surface area (Å²) in [5.74, 6) is 2.51. The van der Waals surface area contributed by atoms with Crippen molar-refractivity contribution in [2.75, 3.05) is 19.0 Å². The Labute approximate surface area is 173 Å². The molecule has 0 N–H and O–H groups in total. The lowest BCUT2D eigenvalue weighted by Gasteiger charge is -2.11. The van der Waals surface area contributed by atoms with Gasteiger partial charge in [-0.05, 0) is 49.4 Å². The van der Waals surface area contributed by atoms with Crippen molar-refractivity contribution in [3.8, 4) is 33.8 Å². The molecule has 148 valence electrons. The number of furan rings is 1. The van der Waals surface area contributed by atoms with Gasteiger partial charge in [-0.15, -0.1) is 0 Å². The molecular formula is C23H20N6O. The zero-order valence-corrected chi connectivity index (χ0v) is 16.9. The van der Waals surface area contributed by atoms with E-state index in [0.717, 1.165) is 51.1 Å². The lowest BCUT2D eigenvalue weighted by atomic mass is 10.1. The standard InChI is InChI=1S/C23H20N6O/c1-15-4-6-21(30-15)19-10-16(8-9-24-19)20-14-26-23-11-18(13-27-29(20)23)17-5-7-22(25-12-17)28(2)3/h4-14H,1-3H3. The van der Waals surface area contributed by atoms with Crippen LogP contribution in [0.3, 0.4) is 0 Å². The van der Waals surface area contributed by atoms with E-state index in [0.29, 0.717) is 0 Å². The summed E-state index contributed by atoms with van der Waals surface area (Å²) in [7, 11) is 3.94. The Hall–Kier alpha value is -4.00. The van der Waals surface area contributed by atoms with Crippen LogP contribution in [0.2, 0.25) is 0 Å². The van der Waals surface area contributed by atoms with Crippen molar-refractivity contribution in [3.05, 3.63) is 73.0 Å². The lowest BCUT2D eigenvalue weighted by molar-refractivity contribution is 0.546. The summed E-state index contributed by atoms with van der Waals surface area (Å²) in [6.07, 6.45) is 7.29. The fourth-order valence-corrected chi connectivity index (χ4v) is 3.35. The number of pyridine rings is 2. The van der Waals surface area contributed by atoms with Gasteiger partial charge in [-0.3, -0.25) is 4.98 Å². The van der Waals surface area contributed by atoms with E-state index in [-0.39, 0.29) is 0 Å². The Morgan fingerprint density at radius 1 is 0.833 bits per heavy atom. The molecule has 0 aliphatic rings. The zero-order chi connectivity index (χ0) is 20.7. The van der Waals surface area contributed by atoms with Crippen LogP contribution in [-0.4, -0.2) is 38.7 Å². The molecule has 0 radical (unpaired) electrons. The van der Waals surface area contributed by atoms with Crippen molar-refractivity contribution in [2.45, 2.75) is 6.92 Å². The molecule has 0 saturated heterocycles. The molecule has 0 aliphatic carbocycles. The maximum Gasteiger partial charge on any atom is 0.154 e. The first-order valence-corrected chi connectivity index (χ1v) is 9.59. The minimum absolute atomic E-state index is 0.743. The summed E-state index contributed by atoms with van der Waals surface area (Å²) < 4.78 is 7.54. The van der Waals surface area contributed by atoms with Crippen LogP contribution in [0.1, 0.15) is 5.76 Å². The molecule has 5 heterocycles. The molecule has 30 heavy (non-hydrogen) atoms. The molecule has 0 atom stereocenters. The van der Waals surface area contributed by atoms with E-state index in [9.17, 15) is 0 Å². The number of hydrogen-bond acceptors (Lipinski definition) is 6. The van der Waals surface area contributed by atoms with Crippen LogP contribution >= 0.6 is 0 Å². The van der Waals surface area contributed by atoms with Crippen LogP contribution in [0.5, 0.6) is 0 Å². The van der Waals surface area contributed by atoms with Crippen LogP contribution in [-0.2, 0) is 0 Å². The van der Waals surface area contributed by atoms with Gasteiger partial charge in [0.25, 0.3) is 0 Å². The molecule has 0 spiro atoms. The SMILES string of the molecule is Cc1ccc(-c2cc(-c3cnc4cc(-c5ccc(N(C)C)nc5)cnn34)ccn2)o1. The van der Waals surface area contributed by atoms with Gasteiger partial charge in [-0.1, -0.05) is 0 Å². The second kappa shape index (κ2) is 7.11. The molecule has 0 unspecified atom stereocenters. The predicted molar refractivity (Wildman–Crippen MR) is 116 cm³/mol. The summed E-state index contributed by atoms with van der Waals surface area (Å²) in [5.41, 5.74) is 5.38.